The van der Waals surface area contributed by atoms with Crippen LogP contribution in [0.4, 0.5) is 0 Å². The number of thiophene rings is 1. The molecule has 1 aliphatic heterocycles. The monoisotopic (exact) mass is 301 g/mol. The Labute approximate surface area is 122 Å². The van der Waals surface area contributed by atoms with E-state index in [2.05, 4.69) is 16.3 Å². The van der Waals surface area contributed by atoms with Crippen LogP contribution in [0.15, 0.2) is 12.1 Å². The van der Waals surface area contributed by atoms with Gasteiger partial charge in [-0.2, -0.15) is 0 Å². The second-order valence-corrected chi connectivity index (χ2v) is 6.66. The normalized spacial score (nSPS) is 20.4. The molecule has 106 valence electrons. The molecule has 1 unspecified atom stereocenters. The van der Waals surface area contributed by atoms with Gasteiger partial charge in [-0.05, 0) is 31.5 Å². The van der Waals surface area contributed by atoms with Gasteiger partial charge >= 0.3 is 0 Å². The molecule has 1 atom stereocenters. The van der Waals surface area contributed by atoms with Crippen LogP contribution in [0, 0.1) is 5.92 Å². The van der Waals surface area contributed by atoms with Gasteiger partial charge in [0.05, 0.1) is 10.3 Å². The van der Waals surface area contributed by atoms with Gasteiger partial charge in [0, 0.05) is 31.1 Å². The molecule has 19 heavy (non-hydrogen) atoms. The molecule has 1 saturated heterocycles. The maximum absolute atomic E-state index is 11.9. The molecule has 1 fully saturated rings. The van der Waals surface area contributed by atoms with Crippen molar-refractivity contribution >= 4 is 28.8 Å². The maximum Gasteiger partial charge on any atom is 0.224 e. The van der Waals surface area contributed by atoms with Gasteiger partial charge in [0.15, 0.2) is 0 Å². The summed E-state index contributed by atoms with van der Waals surface area (Å²) < 4.78 is 0.823. The lowest BCUT2D eigenvalue weighted by molar-refractivity contribution is -0.126. The van der Waals surface area contributed by atoms with E-state index >= 15 is 0 Å². The van der Waals surface area contributed by atoms with Crippen LogP contribution in [0.5, 0.6) is 0 Å². The van der Waals surface area contributed by atoms with Crippen LogP contribution >= 0.6 is 22.9 Å². The van der Waals surface area contributed by atoms with E-state index in [4.69, 9.17) is 17.3 Å². The number of nitrogens with zero attached hydrogens (tertiary/aromatic N) is 1. The van der Waals surface area contributed by atoms with E-state index in [0.717, 1.165) is 36.8 Å². The van der Waals surface area contributed by atoms with Crippen molar-refractivity contribution in [1.29, 1.82) is 0 Å². The molecule has 2 rings (SSSR count). The first kappa shape index (κ1) is 14.8. The Morgan fingerprint density at radius 3 is 3.11 bits per heavy atom. The number of halogens is 1. The fourth-order valence-corrected chi connectivity index (χ4v) is 3.54. The van der Waals surface area contributed by atoms with Crippen molar-refractivity contribution in [3.05, 3.63) is 21.3 Å². The predicted molar refractivity (Wildman–Crippen MR) is 79.4 cm³/mol. The average molecular weight is 302 g/mol. The van der Waals surface area contributed by atoms with Gasteiger partial charge in [-0.15, -0.1) is 11.3 Å². The second-order valence-electron chi connectivity index (χ2n) is 4.86. The number of carbonyl (C=O) groups excluding carboxylic acids is 1. The maximum atomic E-state index is 11.9. The lowest BCUT2D eigenvalue weighted by Crippen LogP contribution is -2.43. The first-order valence-corrected chi connectivity index (χ1v) is 7.83. The molecular weight excluding hydrogens is 282 g/mol. The van der Waals surface area contributed by atoms with Crippen LogP contribution in [0.2, 0.25) is 4.34 Å². The molecular formula is C13H20ClN3OS. The van der Waals surface area contributed by atoms with Crippen LogP contribution < -0.4 is 11.1 Å². The van der Waals surface area contributed by atoms with Crippen molar-refractivity contribution in [2.45, 2.75) is 19.4 Å². The van der Waals surface area contributed by atoms with Crippen molar-refractivity contribution in [3.8, 4) is 0 Å². The molecule has 0 saturated carbocycles. The summed E-state index contributed by atoms with van der Waals surface area (Å²) >= 11 is 7.55. The topological polar surface area (TPSA) is 58.4 Å². The fourth-order valence-electron chi connectivity index (χ4n) is 2.41. The van der Waals surface area contributed by atoms with Gasteiger partial charge in [0.1, 0.15) is 0 Å². The highest BCUT2D eigenvalue weighted by Gasteiger charge is 2.25. The van der Waals surface area contributed by atoms with Gasteiger partial charge in [0.25, 0.3) is 0 Å². The van der Waals surface area contributed by atoms with E-state index in [1.54, 1.807) is 11.3 Å². The Kier molecular flexibility index (Phi) is 5.63. The molecule has 2 heterocycles. The summed E-state index contributed by atoms with van der Waals surface area (Å²) in [5.74, 6) is 0.232. The van der Waals surface area contributed by atoms with Crippen molar-refractivity contribution in [1.82, 2.24) is 10.2 Å². The molecule has 0 aliphatic carbocycles. The van der Waals surface area contributed by atoms with Gasteiger partial charge in [-0.25, -0.2) is 0 Å². The van der Waals surface area contributed by atoms with E-state index in [-0.39, 0.29) is 11.8 Å². The lowest BCUT2D eigenvalue weighted by Gasteiger charge is -2.31. The molecule has 1 aliphatic rings. The number of nitrogens with one attached hydrogen (secondary N) is 1. The summed E-state index contributed by atoms with van der Waals surface area (Å²) in [5, 5.41) is 2.88. The third-order valence-electron chi connectivity index (χ3n) is 3.33. The number of rotatable bonds is 5. The number of nitrogens with two attached hydrogens (primary N) is 1. The Bertz CT molecular complexity index is 424. The molecule has 1 aromatic heterocycles. The zero-order valence-electron chi connectivity index (χ0n) is 10.9. The van der Waals surface area contributed by atoms with Crippen LogP contribution in [0.25, 0.3) is 0 Å². The highest BCUT2D eigenvalue weighted by atomic mass is 35.5. The molecule has 1 amide bonds. The quantitative estimate of drug-likeness (QED) is 0.870. The Hall–Kier alpha value is -0.620. The van der Waals surface area contributed by atoms with Gasteiger partial charge in [-0.3, -0.25) is 9.69 Å². The molecule has 4 nitrogen and oxygen atoms in total. The first-order valence-electron chi connectivity index (χ1n) is 6.63. The number of hydrogen-bond donors (Lipinski definition) is 2. The van der Waals surface area contributed by atoms with Crippen LogP contribution in [0.3, 0.4) is 0 Å². The van der Waals surface area contributed by atoms with Crippen molar-refractivity contribution in [2.24, 2.45) is 11.7 Å². The summed E-state index contributed by atoms with van der Waals surface area (Å²) in [6.07, 6.45) is 2.04. The van der Waals surface area contributed by atoms with Crippen LogP contribution in [-0.2, 0) is 11.3 Å². The zero-order valence-corrected chi connectivity index (χ0v) is 12.5. The highest BCUT2D eigenvalue weighted by molar-refractivity contribution is 7.16. The SMILES string of the molecule is NCCNC(=O)C1CCCN(Cc2ccc(Cl)s2)C1. The number of hydrogen-bond acceptors (Lipinski definition) is 4. The minimum atomic E-state index is 0.0933. The Morgan fingerprint density at radius 1 is 1.58 bits per heavy atom. The van der Waals surface area contributed by atoms with Crippen molar-refractivity contribution in [3.63, 3.8) is 0 Å². The number of amides is 1. The molecule has 0 spiro atoms. The van der Waals surface area contributed by atoms with Gasteiger partial charge < -0.3 is 11.1 Å². The summed E-state index contributed by atoms with van der Waals surface area (Å²) in [6, 6.07) is 3.99. The second kappa shape index (κ2) is 7.24. The minimum Gasteiger partial charge on any atom is -0.355 e. The summed E-state index contributed by atoms with van der Waals surface area (Å²) in [4.78, 5) is 15.5. The largest absolute Gasteiger partial charge is 0.355 e. The van der Waals surface area contributed by atoms with Crippen molar-refractivity contribution in [2.75, 3.05) is 26.2 Å². The summed E-state index contributed by atoms with van der Waals surface area (Å²) in [6.45, 7) is 3.83. The third kappa shape index (κ3) is 4.45. The van der Waals surface area contributed by atoms with E-state index < -0.39 is 0 Å². The minimum absolute atomic E-state index is 0.0933. The molecule has 6 heteroatoms. The number of piperidine rings is 1. The van der Waals surface area contributed by atoms with Crippen molar-refractivity contribution < 1.29 is 4.79 Å². The lowest BCUT2D eigenvalue weighted by atomic mass is 9.97. The van der Waals surface area contributed by atoms with E-state index in [0.29, 0.717) is 13.1 Å². The van der Waals surface area contributed by atoms with Crippen LogP contribution in [-0.4, -0.2) is 37.0 Å². The van der Waals surface area contributed by atoms with Gasteiger partial charge in [0.2, 0.25) is 5.91 Å². The third-order valence-corrected chi connectivity index (χ3v) is 4.54. The van der Waals surface area contributed by atoms with E-state index in [1.807, 2.05) is 6.07 Å². The number of likely N-dealkylation sites (tertiary alicyclic amines) is 1. The van der Waals surface area contributed by atoms with E-state index in [9.17, 15) is 4.79 Å². The molecule has 3 N–H and O–H groups in total. The zero-order chi connectivity index (χ0) is 13.7. The predicted octanol–water partition coefficient (Wildman–Crippen LogP) is 1.69. The summed E-state index contributed by atoms with van der Waals surface area (Å²) in [7, 11) is 0. The standard InChI is InChI=1S/C13H20ClN3OS/c14-12-4-3-11(19-12)9-17-7-1-2-10(8-17)13(18)16-6-5-15/h3-4,10H,1-2,5-9,15H2,(H,16,18). The van der Waals surface area contributed by atoms with Crippen LogP contribution in [0.1, 0.15) is 17.7 Å². The summed E-state index contributed by atoms with van der Waals surface area (Å²) in [5.41, 5.74) is 5.40. The molecule has 0 aromatic carbocycles. The van der Waals surface area contributed by atoms with Gasteiger partial charge in [-0.1, -0.05) is 11.6 Å². The first-order chi connectivity index (χ1) is 9.19. The fraction of sp³-hybridized carbons (Fsp3) is 0.615. The molecule has 0 bridgehead atoms. The average Bonchev–Trinajstić information content (AvgIpc) is 2.81. The molecule has 0 radical (unpaired) electrons. The highest BCUT2D eigenvalue weighted by Crippen LogP contribution is 2.25. The number of carbonyl (C=O) groups is 1. The smallest absolute Gasteiger partial charge is 0.224 e. The Morgan fingerprint density at radius 2 is 2.42 bits per heavy atom. The molecule has 1 aromatic rings. The van der Waals surface area contributed by atoms with E-state index in [1.165, 1.54) is 4.88 Å². The Balaban J connectivity index is 1.84.